The van der Waals surface area contributed by atoms with Crippen LogP contribution in [0.15, 0.2) is 48.5 Å². The Morgan fingerprint density at radius 1 is 1.12 bits per heavy atom. The molecule has 0 spiro atoms. The maximum atomic E-state index is 12.7. The van der Waals surface area contributed by atoms with Crippen molar-refractivity contribution in [2.75, 3.05) is 25.0 Å². The zero-order chi connectivity index (χ0) is 22.5. The summed E-state index contributed by atoms with van der Waals surface area (Å²) >= 11 is 0. The number of fused-ring (bicyclic) bond motifs is 1. The van der Waals surface area contributed by atoms with Crippen LogP contribution in [-0.2, 0) is 17.7 Å². The van der Waals surface area contributed by atoms with Gasteiger partial charge in [-0.15, -0.1) is 0 Å². The molecule has 3 N–H and O–H groups in total. The van der Waals surface area contributed by atoms with E-state index < -0.39 is 6.10 Å². The second-order valence-electron chi connectivity index (χ2n) is 9.27. The molecule has 1 amide bonds. The van der Waals surface area contributed by atoms with Gasteiger partial charge in [-0.25, -0.2) is 0 Å². The van der Waals surface area contributed by atoms with Crippen LogP contribution in [0.5, 0.6) is 0 Å². The first kappa shape index (κ1) is 22.8. The van der Waals surface area contributed by atoms with Crippen molar-refractivity contribution in [3.8, 4) is 0 Å². The maximum Gasteiger partial charge on any atom is 0.251 e. The molecular weight excluding hydrogens is 402 g/mol. The van der Waals surface area contributed by atoms with Crippen molar-refractivity contribution in [3.05, 3.63) is 65.2 Å². The number of ether oxygens (including phenoxy) is 1. The molecule has 1 saturated heterocycles. The molecule has 2 aromatic rings. The number of carbonyl (C=O) groups is 1. The summed E-state index contributed by atoms with van der Waals surface area (Å²) in [5.41, 5.74) is 4.26. The van der Waals surface area contributed by atoms with Crippen molar-refractivity contribution in [1.29, 1.82) is 0 Å². The lowest BCUT2D eigenvalue weighted by atomic mass is 9.99. The third-order valence-electron chi connectivity index (χ3n) is 6.37. The van der Waals surface area contributed by atoms with E-state index in [0.717, 1.165) is 38.0 Å². The molecule has 2 aliphatic heterocycles. The first-order valence-electron chi connectivity index (χ1n) is 11.7. The lowest BCUT2D eigenvalue weighted by Crippen LogP contribution is -2.42. The van der Waals surface area contributed by atoms with Crippen LogP contribution in [0.3, 0.4) is 0 Å². The fourth-order valence-corrected chi connectivity index (χ4v) is 4.89. The Hall–Kier alpha value is -2.41. The monoisotopic (exact) mass is 437 g/mol. The molecule has 0 aromatic heterocycles. The number of nitrogens with one attached hydrogen (secondary N) is 2. The van der Waals surface area contributed by atoms with Gasteiger partial charge in [-0.3, -0.25) is 9.69 Å². The first-order valence-corrected chi connectivity index (χ1v) is 11.7. The number of hydrogen-bond acceptors (Lipinski definition) is 5. The summed E-state index contributed by atoms with van der Waals surface area (Å²) in [5, 5.41) is 16.9. The van der Waals surface area contributed by atoms with E-state index >= 15 is 0 Å². The number of benzene rings is 2. The summed E-state index contributed by atoms with van der Waals surface area (Å²) in [6.07, 6.45) is 2.77. The van der Waals surface area contributed by atoms with E-state index in [0.29, 0.717) is 18.2 Å². The number of amides is 1. The second-order valence-corrected chi connectivity index (χ2v) is 9.27. The number of aliphatic hydroxyl groups excluding tert-OH is 1. The van der Waals surface area contributed by atoms with Gasteiger partial charge < -0.3 is 20.5 Å². The summed E-state index contributed by atoms with van der Waals surface area (Å²) in [7, 11) is 0. The smallest absolute Gasteiger partial charge is 0.251 e. The average Bonchev–Trinajstić information content (AvgIpc) is 2.77. The van der Waals surface area contributed by atoms with E-state index in [2.05, 4.69) is 53.6 Å². The van der Waals surface area contributed by atoms with E-state index in [9.17, 15) is 9.90 Å². The molecule has 0 saturated carbocycles. The van der Waals surface area contributed by atoms with Gasteiger partial charge in [-0.05, 0) is 62.4 Å². The number of β-amino-alcohol motifs (C(OH)–C–C–N with tert-alkyl or cyclic N) is 1. The van der Waals surface area contributed by atoms with E-state index in [1.165, 1.54) is 11.1 Å². The fraction of sp³-hybridized carbons (Fsp3) is 0.500. The maximum absolute atomic E-state index is 12.7. The van der Waals surface area contributed by atoms with Crippen LogP contribution in [0.25, 0.3) is 0 Å². The van der Waals surface area contributed by atoms with Gasteiger partial charge in [0.25, 0.3) is 5.91 Å². The zero-order valence-corrected chi connectivity index (χ0v) is 19.1. The van der Waals surface area contributed by atoms with Crippen LogP contribution in [0.2, 0.25) is 0 Å². The van der Waals surface area contributed by atoms with Crippen LogP contribution in [0, 0.1) is 0 Å². The van der Waals surface area contributed by atoms with Gasteiger partial charge in [0.2, 0.25) is 0 Å². The standard InChI is InChI=1S/C26H35N3O3/c1-18-12-24(13-19(2)32-18)28-23-9-5-8-21(14-23)26(31)27-15-25(30)17-29-11-10-20-6-3-4-7-22(20)16-29/h3-9,14,18-19,24-25,28,30H,10-13,15-17H2,1-2H3,(H,27,31)/t18?,19?,24?,25-/m1/s1. The molecule has 0 bridgehead atoms. The minimum absolute atomic E-state index is 0.162. The lowest BCUT2D eigenvalue weighted by molar-refractivity contribution is -0.0337. The van der Waals surface area contributed by atoms with Crippen LogP contribution < -0.4 is 10.6 Å². The van der Waals surface area contributed by atoms with Crippen molar-refractivity contribution in [2.45, 2.75) is 64.0 Å². The molecule has 172 valence electrons. The summed E-state index contributed by atoms with van der Waals surface area (Å²) in [6.45, 7) is 6.77. The van der Waals surface area contributed by atoms with Gasteiger partial charge in [-0.2, -0.15) is 0 Å². The predicted octanol–water partition coefficient (Wildman–Crippen LogP) is 3.20. The Balaban J connectivity index is 1.25. The number of carbonyl (C=O) groups excluding carboxylic acids is 1. The molecular formula is C26H35N3O3. The van der Waals surface area contributed by atoms with E-state index in [1.807, 2.05) is 24.3 Å². The molecule has 6 nitrogen and oxygen atoms in total. The lowest BCUT2D eigenvalue weighted by Gasteiger charge is -2.33. The third-order valence-corrected chi connectivity index (χ3v) is 6.37. The van der Waals surface area contributed by atoms with Gasteiger partial charge in [0, 0.05) is 43.5 Å². The summed E-state index contributed by atoms with van der Waals surface area (Å²) in [4.78, 5) is 14.9. The van der Waals surface area contributed by atoms with Crippen molar-refractivity contribution in [2.24, 2.45) is 0 Å². The van der Waals surface area contributed by atoms with Gasteiger partial charge in [0.1, 0.15) is 0 Å². The van der Waals surface area contributed by atoms with Crippen LogP contribution in [0.4, 0.5) is 5.69 Å². The van der Waals surface area contributed by atoms with Crippen LogP contribution in [-0.4, -0.2) is 59.9 Å². The minimum atomic E-state index is -0.601. The zero-order valence-electron chi connectivity index (χ0n) is 19.1. The van der Waals surface area contributed by atoms with E-state index in [-0.39, 0.29) is 24.7 Å². The predicted molar refractivity (Wildman–Crippen MR) is 127 cm³/mol. The Bertz CT molecular complexity index is 909. The fourth-order valence-electron chi connectivity index (χ4n) is 4.89. The van der Waals surface area contributed by atoms with E-state index in [4.69, 9.17) is 4.74 Å². The molecule has 3 atom stereocenters. The topological polar surface area (TPSA) is 73.8 Å². The second kappa shape index (κ2) is 10.5. The Morgan fingerprint density at radius 3 is 2.66 bits per heavy atom. The molecule has 32 heavy (non-hydrogen) atoms. The quantitative estimate of drug-likeness (QED) is 0.620. The normalized spacial score (nSPS) is 24.4. The van der Waals surface area contributed by atoms with Gasteiger partial charge >= 0.3 is 0 Å². The molecule has 2 unspecified atom stereocenters. The van der Waals surface area contributed by atoms with Gasteiger partial charge in [-0.1, -0.05) is 30.3 Å². The molecule has 2 heterocycles. The molecule has 0 radical (unpaired) electrons. The molecule has 2 aromatic carbocycles. The molecule has 0 aliphatic carbocycles. The van der Waals surface area contributed by atoms with E-state index in [1.54, 1.807) is 0 Å². The summed E-state index contributed by atoms with van der Waals surface area (Å²) in [5.74, 6) is -0.162. The highest BCUT2D eigenvalue weighted by atomic mass is 16.5. The highest BCUT2D eigenvalue weighted by Crippen LogP contribution is 2.23. The van der Waals surface area contributed by atoms with Crippen LogP contribution in [0.1, 0.15) is 48.2 Å². The number of aliphatic hydroxyl groups is 1. The van der Waals surface area contributed by atoms with Crippen molar-refractivity contribution in [1.82, 2.24) is 10.2 Å². The average molecular weight is 438 g/mol. The largest absolute Gasteiger partial charge is 0.390 e. The molecule has 6 heteroatoms. The molecule has 4 rings (SSSR count). The van der Waals surface area contributed by atoms with Crippen LogP contribution >= 0.6 is 0 Å². The number of anilines is 1. The SMILES string of the molecule is CC1CC(Nc2cccc(C(=O)NC[C@@H](O)CN3CCc4ccccc4C3)c2)CC(C)O1. The Labute approximate surface area is 191 Å². The summed E-state index contributed by atoms with van der Waals surface area (Å²) < 4.78 is 5.81. The van der Waals surface area contributed by atoms with Gasteiger partial charge in [0.15, 0.2) is 0 Å². The van der Waals surface area contributed by atoms with Crippen molar-refractivity contribution < 1.29 is 14.6 Å². The Kier molecular flexibility index (Phi) is 7.45. The number of nitrogens with zero attached hydrogens (tertiary/aromatic N) is 1. The highest BCUT2D eigenvalue weighted by molar-refractivity contribution is 5.95. The minimum Gasteiger partial charge on any atom is -0.390 e. The number of hydrogen-bond donors (Lipinski definition) is 3. The summed E-state index contributed by atoms with van der Waals surface area (Å²) in [6, 6.07) is 16.4. The van der Waals surface area contributed by atoms with Crippen molar-refractivity contribution in [3.63, 3.8) is 0 Å². The third kappa shape index (κ3) is 6.09. The first-order chi connectivity index (χ1) is 15.5. The van der Waals surface area contributed by atoms with Crippen molar-refractivity contribution >= 4 is 11.6 Å². The molecule has 1 fully saturated rings. The highest BCUT2D eigenvalue weighted by Gasteiger charge is 2.24. The van der Waals surface area contributed by atoms with Gasteiger partial charge in [0.05, 0.1) is 18.3 Å². The molecule has 2 aliphatic rings. The Morgan fingerprint density at radius 2 is 1.88 bits per heavy atom. The number of rotatable bonds is 7.